The summed E-state index contributed by atoms with van der Waals surface area (Å²) in [5, 5.41) is 12.3. The molecule has 0 bridgehead atoms. The Morgan fingerprint density at radius 3 is 2.85 bits per heavy atom. The summed E-state index contributed by atoms with van der Waals surface area (Å²) in [5.74, 6) is -0.548. The Balaban J connectivity index is 2.19. The van der Waals surface area contributed by atoms with Crippen LogP contribution >= 0.6 is 11.3 Å². The van der Waals surface area contributed by atoms with Gasteiger partial charge in [0, 0.05) is 11.6 Å². The third-order valence-corrected chi connectivity index (χ3v) is 3.41. The second-order valence-electron chi connectivity index (χ2n) is 3.84. The average Bonchev–Trinajstić information content (AvgIpc) is 3.02. The molecule has 0 aliphatic carbocycles. The molecule has 0 amide bonds. The van der Waals surface area contributed by atoms with Crippen molar-refractivity contribution in [2.75, 3.05) is 7.11 Å². The number of nitrogens with zero attached hydrogens (tertiary/aromatic N) is 1. The number of benzene rings is 1. The van der Waals surface area contributed by atoms with Crippen molar-refractivity contribution >= 4 is 27.6 Å². The Hall–Kier alpha value is -2.61. The van der Waals surface area contributed by atoms with Crippen LogP contribution in [0.4, 0.5) is 0 Å². The number of carboxylic acids is 1. The Kier molecular flexibility index (Phi) is 2.79. The van der Waals surface area contributed by atoms with E-state index in [-0.39, 0.29) is 11.5 Å². The van der Waals surface area contributed by atoms with Crippen molar-refractivity contribution in [3.8, 4) is 17.1 Å². The van der Waals surface area contributed by atoms with Crippen LogP contribution in [0, 0.1) is 0 Å². The highest BCUT2D eigenvalue weighted by Gasteiger charge is 2.16. The maximum absolute atomic E-state index is 11.3. The number of hydrogen-bond donors (Lipinski definition) is 1. The number of aromatic nitrogens is 1. The quantitative estimate of drug-likeness (QED) is 0.789. The van der Waals surface area contributed by atoms with Gasteiger partial charge in [0.25, 0.3) is 0 Å². The fourth-order valence-corrected chi connectivity index (χ4v) is 2.48. The Labute approximate surface area is 115 Å². The van der Waals surface area contributed by atoms with Gasteiger partial charge >= 0.3 is 10.9 Å². The molecule has 0 radical (unpaired) electrons. The van der Waals surface area contributed by atoms with Crippen LogP contribution < -0.4 is 9.68 Å². The molecule has 20 heavy (non-hydrogen) atoms. The summed E-state index contributed by atoms with van der Waals surface area (Å²) < 4.78 is 15.7. The van der Waals surface area contributed by atoms with E-state index >= 15 is 0 Å². The molecule has 3 rings (SSSR count). The van der Waals surface area contributed by atoms with Crippen LogP contribution in [0.3, 0.4) is 0 Å². The van der Waals surface area contributed by atoms with Gasteiger partial charge in [-0.1, -0.05) is 16.5 Å². The van der Waals surface area contributed by atoms with E-state index in [1.807, 2.05) is 0 Å². The van der Waals surface area contributed by atoms with Crippen molar-refractivity contribution in [3.05, 3.63) is 33.6 Å². The van der Waals surface area contributed by atoms with Crippen molar-refractivity contribution in [1.29, 1.82) is 0 Å². The van der Waals surface area contributed by atoms with Crippen molar-refractivity contribution in [2.45, 2.75) is 0 Å². The number of rotatable bonds is 3. The number of fused-ring (bicyclic) bond motifs is 1. The molecule has 0 fully saturated rings. The first-order valence-corrected chi connectivity index (χ1v) is 6.22. The first-order valence-electron chi connectivity index (χ1n) is 5.40. The van der Waals surface area contributed by atoms with E-state index in [1.54, 1.807) is 12.1 Å². The van der Waals surface area contributed by atoms with Crippen molar-refractivity contribution in [1.82, 2.24) is 5.16 Å². The zero-order valence-corrected chi connectivity index (χ0v) is 10.9. The fraction of sp³-hybridized carbons (Fsp3) is 0.0833. The Bertz CT molecular complexity index is 858. The number of carboxylic acid groups (broad SMARTS) is 1. The first-order chi connectivity index (χ1) is 9.58. The zero-order valence-electron chi connectivity index (χ0n) is 10.1. The highest BCUT2D eigenvalue weighted by molar-refractivity contribution is 7.16. The highest BCUT2D eigenvalue weighted by atomic mass is 32.1. The van der Waals surface area contributed by atoms with Crippen LogP contribution in [0.25, 0.3) is 21.6 Å². The molecule has 7 nitrogen and oxygen atoms in total. The van der Waals surface area contributed by atoms with Crippen molar-refractivity contribution in [2.24, 2.45) is 0 Å². The molecule has 0 atom stereocenters. The Morgan fingerprint density at radius 1 is 1.40 bits per heavy atom. The smallest absolute Gasteiger partial charge is 0.396 e. The number of aromatic carboxylic acids is 1. The topological polar surface area (TPSA) is 103 Å². The number of hydrogen-bond acceptors (Lipinski definition) is 7. The van der Waals surface area contributed by atoms with Crippen LogP contribution in [0.5, 0.6) is 5.75 Å². The lowest BCUT2D eigenvalue weighted by molar-refractivity contribution is 0.0686. The van der Waals surface area contributed by atoms with Crippen LogP contribution in [-0.4, -0.2) is 23.3 Å². The summed E-state index contributed by atoms with van der Waals surface area (Å²) >= 11 is 0.923. The molecule has 0 spiro atoms. The molecule has 0 saturated carbocycles. The summed E-state index contributed by atoms with van der Waals surface area (Å²) in [6.45, 7) is 0. The molecular formula is C12H7NO6S. The third-order valence-electron chi connectivity index (χ3n) is 2.63. The van der Waals surface area contributed by atoms with E-state index in [4.69, 9.17) is 18.8 Å². The molecular weight excluding hydrogens is 286 g/mol. The number of carbonyl (C=O) groups is 1. The highest BCUT2D eigenvalue weighted by Crippen LogP contribution is 2.33. The van der Waals surface area contributed by atoms with E-state index in [1.165, 1.54) is 13.2 Å². The lowest BCUT2D eigenvalue weighted by atomic mass is 10.1. The van der Waals surface area contributed by atoms with Crippen LogP contribution in [0.1, 0.15) is 10.5 Å². The van der Waals surface area contributed by atoms with Gasteiger partial charge in [0.2, 0.25) is 0 Å². The molecule has 0 aliphatic rings. The molecule has 102 valence electrons. The minimum Gasteiger partial charge on any atom is -0.493 e. The van der Waals surface area contributed by atoms with Gasteiger partial charge in [-0.25, -0.2) is 9.59 Å². The fourth-order valence-electron chi connectivity index (χ4n) is 1.75. The Morgan fingerprint density at radius 2 is 2.20 bits per heavy atom. The first kappa shape index (κ1) is 12.4. The number of methoxy groups -OCH3 is 1. The molecule has 0 aliphatic heterocycles. The van der Waals surface area contributed by atoms with E-state index < -0.39 is 10.9 Å². The van der Waals surface area contributed by atoms with Gasteiger partial charge < -0.3 is 18.8 Å². The van der Waals surface area contributed by atoms with Crippen LogP contribution in [0.2, 0.25) is 0 Å². The largest absolute Gasteiger partial charge is 0.493 e. The second kappa shape index (κ2) is 4.49. The maximum atomic E-state index is 11.3. The summed E-state index contributed by atoms with van der Waals surface area (Å²) in [7, 11) is 1.44. The van der Waals surface area contributed by atoms with Crippen LogP contribution in [-0.2, 0) is 0 Å². The summed E-state index contributed by atoms with van der Waals surface area (Å²) in [6, 6.07) is 4.54. The minimum atomic E-state index is -1.18. The summed E-state index contributed by atoms with van der Waals surface area (Å²) in [5.41, 5.74) is 0.704. The summed E-state index contributed by atoms with van der Waals surface area (Å²) in [4.78, 5) is 21.6. The molecule has 3 aromatic rings. The molecule has 2 heterocycles. The third kappa shape index (κ3) is 1.95. The molecule has 1 N–H and O–H groups in total. The lowest BCUT2D eigenvalue weighted by Gasteiger charge is -2.02. The van der Waals surface area contributed by atoms with E-state index in [0.29, 0.717) is 21.6 Å². The van der Waals surface area contributed by atoms with Gasteiger partial charge in [-0.15, -0.1) is 0 Å². The molecule has 0 saturated heterocycles. The lowest BCUT2D eigenvalue weighted by Crippen LogP contribution is -1.94. The van der Waals surface area contributed by atoms with Crippen molar-refractivity contribution in [3.63, 3.8) is 0 Å². The maximum Gasteiger partial charge on any atom is 0.396 e. The van der Waals surface area contributed by atoms with Gasteiger partial charge in [0.1, 0.15) is 0 Å². The average molecular weight is 293 g/mol. The van der Waals surface area contributed by atoms with Gasteiger partial charge in [-0.2, -0.15) is 0 Å². The second-order valence-corrected chi connectivity index (χ2v) is 4.82. The van der Waals surface area contributed by atoms with E-state index in [9.17, 15) is 9.59 Å². The monoisotopic (exact) mass is 293 g/mol. The van der Waals surface area contributed by atoms with E-state index in [0.717, 1.165) is 11.3 Å². The standard InChI is InChI=1S/C12H7NO6S/c1-17-8-2-5(3-9-10(8)18-12(16)20-9)7-4-6(11(14)15)13-19-7/h2-4H,1H3,(H,14,15). The SMILES string of the molecule is COc1cc(-c2cc(C(=O)O)no2)cc2sc(=O)oc12. The van der Waals surface area contributed by atoms with Gasteiger partial charge in [0.15, 0.2) is 22.8 Å². The normalized spacial score (nSPS) is 10.8. The van der Waals surface area contributed by atoms with Crippen LogP contribution in [0.15, 0.2) is 31.9 Å². The van der Waals surface area contributed by atoms with Gasteiger partial charge in [-0.05, 0) is 12.1 Å². The predicted molar refractivity (Wildman–Crippen MR) is 69.4 cm³/mol. The van der Waals surface area contributed by atoms with Gasteiger partial charge in [-0.3, -0.25) is 0 Å². The number of ether oxygens (including phenoxy) is 1. The molecule has 2 aromatic heterocycles. The van der Waals surface area contributed by atoms with E-state index in [2.05, 4.69) is 5.16 Å². The zero-order chi connectivity index (χ0) is 14.3. The minimum absolute atomic E-state index is 0.195. The molecule has 8 heteroatoms. The van der Waals surface area contributed by atoms with Crippen molar-refractivity contribution < 1.29 is 23.6 Å². The summed E-state index contributed by atoms with van der Waals surface area (Å²) in [6.07, 6.45) is 0. The predicted octanol–water partition coefficient (Wildman–Crippen LogP) is 2.22. The van der Waals surface area contributed by atoms with Gasteiger partial charge in [0.05, 0.1) is 11.8 Å². The molecule has 1 aromatic carbocycles. The molecule has 0 unspecified atom stereocenters.